The average Bonchev–Trinajstić information content (AvgIpc) is 1.64. The van der Waals surface area contributed by atoms with Crippen LogP contribution in [0.1, 0.15) is 13.3 Å². The van der Waals surface area contributed by atoms with E-state index in [0.29, 0.717) is 0 Å². The summed E-state index contributed by atoms with van der Waals surface area (Å²) in [6, 6.07) is 0. The molecule has 4 heteroatoms. The summed E-state index contributed by atoms with van der Waals surface area (Å²) >= 11 is 0. The van der Waals surface area contributed by atoms with Crippen LogP contribution in [-0.2, 0) is 9.59 Å². The van der Waals surface area contributed by atoms with Crippen LogP contribution in [0.25, 0.3) is 0 Å². The molecule has 0 rings (SSSR count). The first-order valence-corrected chi connectivity index (χ1v) is 2.62. The molecule has 0 aliphatic carbocycles. The third-order valence-electron chi connectivity index (χ3n) is 1.08. The van der Waals surface area contributed by atoms with Gasteiger partial charge in [-0.1, -0.05) is 0 Å². The van der Waals surface area contributed by atoms with E-state index in [4.69, 9.17) is 5.11 Å². The van der Waals surface area contributed by atoms with E-state index < -0.39 is 11.9 Å². The van der Waals surface area contributed by atoms with Crippen molar-refractivity contribution in [2.45, 2.75) is 13.3 Å². The van der Waals surface area contributed by atoms with E-state index in [0.717, 1.165) is 0 Å². The third-order valence-corrected chi connectivity index (χ3v) is 1.08. The zero-order chi connectivity index (χ0) is 7.44. The quantitative estimate of drug-likeness (QED) is 0.276. The molecule has 0 fully saturated rings. The van der Waals surface area contributed by atoms with Crippen LogP contribution >= 0.6 is 0 Å². The summed E-state index contributed by atoms with van der Waals surface area (Å²) in [4.78, 5) is 20.5. The third kappa shape index (κ3) is 4.04. The molecule has 1 N–H and O–H groups in total. The second-order valence-corrected chi connectivity index (χ2v) is 1.79. The van der Waals surface area contributed by atoms with Gasteiger partial charge in [-0.3, -0.25) is 9.59 Å². The second kappa shape index (κ2) is 5.89. The van der Waals surface area contributed by atoms with Gasteiger partial charge in [-0.05, 0) is 6.92 Å². The molecule has 0 saturated carbocycles. The van der Waals surface area contributed by atoms with Crippen molar-refractivity contribution in [2.24, 2.45) is 5.92 Å². The predicted molar refractivity (Wildman–Crippen MR) is 31.8 cm³/mol. The van der Waals surface area contributed by atoms with E-state index in [1.54, 1.807) is 0 Å². The van der Waals surface area contributed by atoms with Gasteiger partial charge in [0.05, 0.1) is 5.92 Å². The van der Waals surface area contributed by atoms with E-state index in [9.17, 15) is 9.59 Å². The summed E-state index contributed by atoms with van der Waals surface area (Å²) in [5.41, 5.74) is 0. The van der Waals surface area contributed by atoms with Gasteiger partial charge < -0.3 is 12.0 Å². The van der Waals surface area contributed by atoms with Crippen LogP contribution in [0.2, 0.25) is 0 Å². The number of carbonyl (C=O) groups is 2. The van der Waals surface area contributed by atoms with Gasteiger partial charge in [0, 0.05) is 0 Å². The summed E-state index contributed by atoms with van der Waals surface area (Å²) in [7, 11) is 0. The largest absolute Gasteiger partial charge is 1.00 e. The zero-order valence-corrected chi connectivity index (χ0v) is 8.26. The number of rotatable bonds is 3. The average molecular weight is 152 g/mol. The Hall–Kier alpha value is 0.140. The van der Waals surface area contributed by atoms with Crippen molar-refractivity contribution in [3.8, 4) is 0 Å². The molecule has 3 nitrogen and oxygen atoms in total. The van der Waals surface area contributed by atoms with Gasteiger partial charge in [0.15, 0.2) is 0 Å². The Morgan fingerprint density at radius 2 is 2.00 bits per heavy atom. The maximum atomic E-state index is 10.4. The Labute approximate surface area is 82.1 Å². The summed E-state index contributed by atoms with van der Waals surface area (Å²) in [5.74, 6) is -2.33. The van der Waals surface area contributed by atoms with Crippen molar-refractivity contribution in [1.82, 2.24) is 0 Å². The number of carboxylic acids is 1. The van der Waals surface area contributed by atoms with Crippen molar-refractivity contribution in [2.75, 3.05) is 0 Å². The van der Waals surface area contributed by atoms with Crippen LogP contribution in [-0.4, -0.2) is 16.9 Å². The number of hydrogen-bond donors (Lipinski definition) is 1. The molecule has 0 amide bonds. The van der Waals surface area contributed by atoms with E-state index >= 15 is 0 Å². The van der Waals surface area contributed by atoms with Crippen LogP contribution in [0.5, 0.6) is 0 Å². The minimum atomic E-state index is -1.09. The van der Waals surface area contributed by atoms with Crippen LogP contribution in [0, 0.1) is 12.8 Å². The molecular weight excluding hydrogens is 143 g/mol. The Balaban J connectivity index is 0. The fraction of sp³-hybridized carbons (Fsp3) is 0.500. The molecule has 0 bridgehead atoms. The fourth-order valence-corrected chi connectivity index (χ4v) is 0.501. The smallest absolute Gasteiger partial charge is 0.481 e. The molecule has 1 atom stereocenters. The Morgan fingerprint density at radius 1 is 1.60 bits per heavy atom. The van der Waals surface area contributed by atoms with Crippen molar-refractivity contribution in [3.63, 3.8) is 0 Å². The number of Topliss-reactive ketones (excluding diaryl/α,β-unsaturated/α-hetero) is 1. The minimum absolute atomic E-state index is 0. The van der Waals surface area contributed by atoms with Gasteiger partial charge >= 0.3 is 35.5 Å². The molecule has 0 aromatic rings. The SMILES string of the molecule is [CH2-]CC(C(C)=O)C(=O)O.[Na+]. The monoisotopic (exact) mass is 152 g/mol. The molecule has 0 spiro atoms. The molecule has 0 aromatic carbocycles. The molecule has 0 aromatic heterocycles. The van der Waals surface area contributed by atoms with Crippen LogP contribution < -0.4 is 29.6 Å². The number of hydrogen-bond acceptors (Lipinski definition) is 2. The van der Waals surface area contributed by atoms with E-state index in [2.05, 4.69) is 6.92 Å². The second-order valence-electron chi connectivity index (χ2n) is 1.79. The van der Waals surface area contributed by atoms with Gasteiger partial charge in [-0.25, -0.2) is 0 Å². The molecule has 52 valence electrons. The normalized spacial score (nSPS) is 11.4. The molecule has 0 saturated heterocycles. The number of carbonyl (C=O) groups excluding carboxylic acids is 1. The molecule has 0 aliphatic rings. The Kier molecular flexibility index (Phi) is 7.53. The van der Waals surface area contributed by atoms with Gasteiger partial charge in [0.25, 0.3) is 0 Å². The Bertz CT molecular complexity index is 119. The minimum Gasteiger partial charge on any atom is -0.481 e. The molecule has 1 unspecified atom stereocenters. The predicted octanol–water partition coefficient (Wildman–Crippen LogP) is -2.50. The van der Waals surface area contributed by atoms with Crippen molar-refractivity contribution in [1.29, 1.82) is 0 Å². The van der Waals surface area contributed by atoms with Crippen LogP contribution in [0.15, 0.2) is 0 Å². The summed E-state index contributed by atoms with van der Waals surface area (Å²) in [6.07, 6.45) is 0.130. The molecule has 0 aliphatic heterocycles. The van der Waals surface area contributed by atoms with Crippen molar-refractivity contribution >= 4 is 11.8 Å². The first kappa shape index (κ1) is 12.8. The maximum absolute atomic E-state index is 10.4. The maximum Gasteiger partial charge on any atom is 1.00 e. The molecule has 10 heavy (non-hydrogen) atoms. The van der Waals surface area contributed by atoms with E-state index in [1.807, 2.05) is 0 Å². The van der Waals surface area contributed by atoms with Gasteiger partial charge in [-0.15, -0.1) is 0 Å². The first-order chi connectivity index (χ1) is 4.09. The molecule has 0 radical (unpaired) electrons. The van der Waals surface area contributed by atoms with Crippen molar-refractivity contribution < 1.29 is 44.3 Å². The zero-order valence-electron chi connectivity index (χ0n) is 6.26. The van der Waals surface area contributed by atoms with Crippen molar-refractivity contribution in [3.05, 3.63) is 6.92 Å². The fourth-order valence-electron chi connectivity index (χ4n) is 0.501. The topological polar surface area (TPSA) is 54.4 Å². The summed E-state index contributed by atoms with van der Waals surface area (Å²) < 4.78 is 0. The van der Waals surface area contributed by atoms with Gasteiger partial charge in [0.2, 0.25) is 0 Å². The van der Waals surface area contributed by atoms with Crippen LogP contribution in [0.3, 0.4) is 0 Å². The summed E-state index contributed by atoms with van der Waals surface area (Å²) in [6.45, 7) is 4.58. The van der Waals surface area contributed by atoms with E-state index in [-0.39, 0.29) is 41.8 Å². The Morgan fingerprint density at radius 3 is 2.00 bits per heavy atom. The number of aliphatic carboxylic acids is 1. The molecule has 0 heterocycles. The standard InChI is InChI=1S/C6H9O3.Na/c1-3-5(4(2)7)6(8)9;/h5H,1,3H2,2H3,(H,8,9);/q-1;+1. The van der Waals surface area contributed by atoms with E-state index in [1.165, 1.54) is 6.92 Å². The number of ketones is 1. The van der Waals surface area contributed by atoms with Gasteiger partial charge in [0.1, 0.15) is 5.78 Å². The van der Waals surface area contributed by atoms with Crippen LogP contribution in [0.4, 0.5) is 0 Å². The first-order valence-electron chi connectivity index (χ1n) is 2.62. The number of carboxylic acid groups (broad SMARTS) is 1. The molecular formula is C6H9NaO3. The van der Waals surface area contributed by atoms with Gasteiger partial charge in [-0.2, -0.15) is 6.42 Å². The summed E-state index contributed by atoms with van der Waals surface area (Å²) in [5, 5.41) is 8.28.